The molecule has 0 bridgehead atoms. The third-order valence-electron chi connectivity index (χ3n) is 4.70. The molecule has 152 valence electrons. The second-order valence-corrected chi connectivity index (χ2v) is 6.64. The molecule has 7 heteroatoms. The maximum Gasteiger partial charge on any atom is 0.238 e. The molecule has 1 amide bonds. The summed E-state index contributed by atoms with van der Waals surface area (Å²) in [6, 6.07) is 13.4. The van der Waals surface area contributed by atoms with Gasteiger partial charge in [-0.25, -0.2) is 4.39 Å². The third-order valence-corrected chi connectivity index (χ3v) is 4.70. The summed E-state index contributed by atoms with van der Waals surface area (Å²) in [6.45, 7) is 5.22. The predicted molar refractivity (Wildman–Crippen MR) is 109 cm³/mol. The first-order valence-electron chi connectivity index (χ1n) is 9.38. The van der Waals surface area contributed by atoms with Crippen molar-refractivity contribution in [1.29, 1.82) is 0 Å². The van der Waals surface area contributed by atoms with Crippen molar-refractivity contribution < 1.29 is 18.4 Å². The van der Waals surface area contributed by atoms with Crippen molar-refractivity contribution in [1.82, 2.24) is 10.1 Å². The highest BCUT2D eigenvalue weighted by Gasteiger charge is 2.18. The topological polar surface area (TPSA) is 67.6 Å². The number of hydrogen-bond acceptors (Lipinski definition) is 5. The quantitative estimate of drug-likeness (QED) is 0.615. The van der Waals surface area contributed by atoms with Gasteiger partial charge < -0.3 is 14.6 Å². The molecule has 0 aliphatic heterocycles. The second-order valence-electron chi connectivity index (χ2n) is 6.64. The molecule has 0 saturated heterocycles. The molecular weight excluding hydrogens is 373 g/mol. The van der Waals surface area contributed by atoms with E-state index in [0.29, 0.717) is 30.3 Å². The van der Waals surface area contributed by atoms with Crippen molar-refractivity contribution >= 4 is 11.6 Å². The van der Waals surface area contributed by atoms with Crippen molar-refractivity contribution in [2.24, 2.45) is 0 Å². The zero-order valence-electron chi connectivity index (χ0n) is 16.7. The Hall–Kier alpha value is -3.19. The van der Waals surface area contributed by atoms with Crippen molar-refractivity contribution in [3.05, 3.63) is 65.6 Å². The van der Waals surface area contributed by atoms with E-state index in [1.165, 1.54) is 12.1 Å². The molecule has 1 aromatic heterocycles. The van der Waals surface area contributed by atoms with E-state index in [1.54, 1.807) is 31.4 Å². The van der Waals surface area contributed by atoms with Crippen molar-refractivity contribution in [3.63, 3.8) is 0 Å². The number of carbonyl (C=O) groups excluding carboxylic acids is 1. The van der Waals surface area contributed by atoms with Crippen LogP contribution in [-0.4, -0.2) is 36.2 Å². The molecule has 0 atom stereocenters. The van der Waals surface area contributed by atoms with Gasteiger partial charge in [-0.2, -0.15) is 0 Å². The molecule has 1 N–H and O–H groups in total. The molecule has 0 spiro atoms. The first-order chi connectivity index (χ1) is 14.0. The number of amides is 1. The fourth-order valence-electron chi connectivity index (χ4n) is 3.02. The molecule has 0 radical (unpaired) electrons. The summed E-state index contributed by atoms with van der Waals surface area (Å²) >= 11 is 0. The highest BCUT2D eigenvalue weighted by molar-refractivity contribution is 5.93. The highest BCUT2D eigenvalue weighted by Crippen LogP contribution is 2.27. The molecule has 29 heavy (non-hydrogen) atoms. The summed E-state index contributed by atoms with van der Waals surface area (Å²) in [5.41, 5.74) is 3.02. The Labute approximate surface area is 169 Å². The Morgan fingerprint density at radius 1 is 1.21 bits per heavy atom. The Bertz CT molecular complexity index is 970. The summed E-state index contributed by atoms with van der Waals surface area (Å²) in [4.78, 5) is 14.5. The van der Waals surface area contributed by atoms with Crippen LogP contribution in [-0.2, 0) is 11.3 Å². The summed E-state index contributed by atoms with van der Waals surface area (Å²) in [5, 5.41) is 7.04. The summed E-state index contributed by atoms with van der Waals surface area (Å²) in [6.07, 6.45) is 0. The van der Waals surface area contributed by atoms with Crippen LogP contribution < -0.4 is 10.1 Å². The number of nitrogens with one attached hydrogen (secondary N) is 1. The van der Waals surface area contributed by atoms with E-state index in [2.05, 4.69) is 10.5 Å². The van der Waals surface area contributed by atoms with Gasteiger partial charge in [0, 0.05) is 17.7 Å². The van der Waals surface area contributed by atoms with Gasteiger partial charge in [0.15, 0.2) is 5.76 Å². The van der Waals surface area contributed by atoms with Gasteiger partial charge in [-0.05, 0) is 49.9 Å². The van der Waals surface area contributed by atoms with Gasteiger partial charge in [0.25, 0.3) is 0 Å². The van der Waals surface area contributed by atoms with Crippen molar-refractivity contribution in [2.75, 3.05) is 25.5 Å². The Morgan fingerprint density at radius 3 is 2.62 bits per heavy atom. The van der Waals surface area contributed by atoms with E-state index in [4.69, 9.17) is 9.26 Å². The number of anilines is 1. The van der Waals surface area contributed by atoms with Gasteiger partial charge in [0.2, 0.25) is 5.91 Å². The van der Waals surface area contributed by atoms with Gasteiger partial charge in [-0.1, -0.05) is 24.2 Å². The third kappa shape index (κ3) is 5.00. The second kappa shape index (κ2) is 9.34. The molecule has 0 unspecified atom stereocenters. The van der Waals surface area contributed by atoms with Gasteiger partial charge >= 0.3 is 0 Å². The maximum atomic E-state index is 13.2. The lowest BCUT2D eigenvalue weighted by Gasteiger charge is -2.19. The van der Waals surface area contributed by atoms with Gasteiger partial charge in [-0.3, -0.25) is 9.69 Å². The normalized spacial score (nSPS) is 10.9. The number of methoxy groups -OCH3 is 1. The molecule has 0 fully saturated rings. The summed E-state index contributed by atoms with van der Waals surface area (Å²) in [5.74, 6) is 0.773. The molecular formula is C22H24FN3O3. The molecule has 3 rings (SSSR count). The van der Waals surface area contributed by atoms with Gasteiger partial charge in [0.1, 0.15) is 17.3 Å². The minimum absolute atomic E-state index is 0.142. The highest BCUT2D eigenvalue weighted by atomic mass is 19.1. The Kier molecular flexibility index (Phi) is 6.61. The van der Waals surface area contributed by atoms with Crippen LogP contribution in [0.3, 0.4) is 0 Å². The molecule has 0 saturated carbocycles. The largest absolute Gasteiger partial charge is 0.495 e. The number of halogens is 1. The number of benzene rings is 2. The van der Waals surface area contributed by atoms with E-state index < -0.39 is 0 Å². The Balaban J connectivity index is 1.67. The number of hydrogen-bond donors (Lipinski definition) is 1. The molecule has 6 nitrogen and oxygen atoms in total. The average molecular weight is 397 g/mol. The van der Waals surface area contributed by atoms with Crippen molar-refractivity contribution in [3.8, 4) is 17.1 Å². The molecule has 0 aliphatic carbocycles. The van der Waals surface area contributed by atoms with Crippen LogP contribution in [0.5, 0.6) is 5.75 Å². The van der Waals surface area contributed by atoms with Crippen LogP contribution in [0.15, 0.2) is 53.1 Å². The Morgan fingerprint density at radius 2 is 1.93 bits per heavy atom. The molecule has 0 aliphatic rings. The van der Waals surface area contributed by atoms with Crippen molar-refractivity contribution in [2.45, 2.75) is 20.4 Å². The number of aromatic nitrogens is 1. The van der Waals surface area contributed by atoms with Gasteiger partial charge in [-0.15, -0.1) is 0 Å². The summed E-state index contributed by atoms with van der Waals surface area (Å²) < 4.78 is 23.9. The molecule has 2 aromatic carbocycles. The predicted octanol–water partition coefficient (Wildman–Crippen LogP) is 4.26. The number of nitrogens with zero attached hydrogens (tertiary/aromatic N) is 2. The number of rotatable bonds is 8. The maximum absolute atomic E-state index is 13.2. The minimum Gasteiger partial charge on any atom is -0.495 e. The zero-order valence-corrected chi connectivity index (χ0v) is 16.7. The first kappa shape index (κ1) is 20.5. The number of ether oxygens (including phenoxy) is 1. The number of likely N-dealkylation sites (N-methyl/N-ethyl adjacent to an activating group) is 1. The SMILES string of the molecule is CCN(CC(=O)Nc1ccccc1OC)Cc1noc(-c2ccc(F)cc2)c1C. The van der Waals surface area contributed by atoms with Gasteiger partial charge in [0.05, 0.1) is 19.3 Å². The van der Waals surface area contributed by atoms with Crippen LogP contribution in [0.4, 0.5) is 10.1 Å². The fourth-order valence-corrected chi connectivity index (χ4v) is 3.02. The van der Waals surface area contributed by atoms with E-state index in [0.717, 1.165) is 16.8 Å². The van der Waals surface area contributed by atoms with E-state index in [1.807, 2.05) is 30.9 Å². The first-order valence-corrected chi connectivity index (χ1v) is 9.38. The van der Waals surface area contributed by atoms with E-state index in [-0.39, 0.29) is 18.3 Å². The smallest absolute Gasteiger partial charge is 0.238 e. The number of carbonyl (C=O) groups is 1. The van der Waals surface area contributed by atoms with E-state index >= 15 is 0 Å². The van der Waals surface area contributed by atoms with E-state index in [9.17, 15) is 9.18 Å². The van der Waals surface area contributed by atoms with Crippen LogP contribution in [0, 0.1) is 12.7 Å². The van der Waals surface area contributed by atoms with Crippen LogP contribution in [0.25, 0.3) is 11.3 Å². The summed E-state index contributed by atoms with van der Waals surface area (Å²) in [7, 11) is 1.56. The lowest BCUT2D eigenvalue weighted by atomic mass is 10.1. The minimum atomic E-state index is -0.302. The number of para-hydroxylation sites is 2. The lowest BCUT2D eigenvalue weighted by Crippen LogP contribution is -2.33. The monoisotopic (exact) mass is 397 g/mol. The van der Waals surface area contributed by atoms with Crippen LogP contribution >= 0.6 is 0 Å². The zero-order chi connectivity index (χ0) is 20.8. The molecule has 3 aromatic rings. The standard InChI is InChI=1S/C22H24FN3O3/c1-4-26(14-21(27)24-18-7-5-6-8-20(18)28-3)13-19-15(2)22(29-25-19)16-9-11-17(23)12-10-16/h5-12H,4,13-14H2,1-3H3,(H,24,27). The van der Waals surface area contributed by atoms with Crippen LogP contribution in [0.1, 0.15) is 18.2 Å². The molecule has 1 heterocycles. The average Bonchev–Trinajstić information content (AvgIpc) is 3.08. The van der Waals surface area contributed by atoms with Crippen LogP contribution in [0.2, 0.25) is 0 Å². The lowest BCUT2D eigenvalue weighted by molar-refractivity contribution is -0.117. The fraction of sp³-hybridized carbons (Fsp3) is 0.273.